The monoisotopic (exact) mass is 616 g/mol. The topological polar surface area (TPSA) is 68.3 Å². The van der Waals surface area contributed by atoms with Crippen LogP contribution in [-0.4, -0.2) is 50.1 Å². The number of rotatable bonds is 12. The van der Waals surface area contributed by atoms with Gasteiger partial charge in [0.2, 0.25) is 0 Å². The first kappa shape index (κ1) is 35.9. The fourth-order valence-electron chi connectivity index (χ4n) is 2.31. The second-order valence-electron chi connectivity index (χ2n) is 8.11. The molecule has 0 aromatic heterocycles. The first-order valence-corrected chi connectivity index (χ1v) is 26.0. The molecular weight excluding hydrogens is 566 g/mol. The first-order valence-electron chi connectivity index (χ1n) is 11.1. The Morgan fingerprint density at radius 2 is 1.00 bits per heavy atom. The van der Waals surface area contributed by atoms with Gasteiger partial charge in [0.25, 0.3) is 0 Å². The molecule has 0 fully saturated rings. The van der Waals surface area contributed by atoms with Gasteiger partial charge in [-0.05, 0) is 13.8 Å². The number of hydrogen-bond donors (Lipinski definition) is 0. The quantitative estimate of drug-likeness (QED) is 0.216. The van der Waals surface area contributed by atoms with Crippen molar-refractivity contribution in [3.63, 3.8) is 0 Å². The second kappa shape index (κ2) is 29.6. The first-order chi connectivity index (χ1) is 13.1. The maximum absolute atomic E-state index is 11.2. The maximum atomic E-state index is 11.2. The Balaban J connectivity index is -0.000000155. The average Bonchev–Trinajstić information content (AvgIpc) is 2.62. The average molecular weight is 614 g/mol. The van der Waals surface area contributed by atoms with Gasteiger partial charge in [-0.15, -0.1) is 0 Å². The molecular formula is C22H48O4Sn2. The molecule has 0 aliphatic carbocycles. The van der Waals surface area contributed by atoms with Crippen LogP contribution in [0.1, 0.15) is 92.9 Å². The van der Waals surface area contributed by atoms with E-state index >= 15 is 0 Å². The van der Waals surface area contributed by atoms with Crippen molar-refractivity contribution >= 4 is 50.1 Å². The summed E-state index contributed by atoms with van der Waals surface area (Å²) in [4.78, 5) is 30.9. The number of unbranched alkanes of at least 4 members (excludes halogenated alkanes) is 4. The van der Waals surface area contributed by atoms with Crippen LogP contribution >= 0.6 is 0 Å². The molecule has 0 heterocycles. The Morgan fingerprint density at radius 1 is 0.750 bits per heavy atom. The van der Waals surface area contributed by atoms with E-state index in [4.69, 9.17) is 9.59 Å². The number of ketones is 1. The van der Waals surface area contributed by atoms with Crippen LogP contribution in [0.5, 0.6) is 0 Å². The molecule has 6 heteroatoms. The molecule has 0 N–H and O–H groups in total. The van der Waals surface area contributed by atoms with Gasteiger partial charge < -0.3 is 4.79 Å². The molecule has 168 valence electrons. The van der Waals surface area contributed by atoms with E-state index in [1.165, 1.54) is 65.2 Å². The Morgan fingerprint density at radius 3 is 1.21 bits per heavy atom. The summed E-state index contributed by atoms with van der Waals surface area (Å²) in [7, 11) is 0. The van der Waals surface area contributed by atoms with E-state index in [9.17, 15) is 7.87 Å². The molecule has 0 aliphatic heterocycles. The smallest absolute Gasteiger partial charge is 0.186 e. The molecule has 0 saturated heterocycles. The third-order valence-corrected chi connectivity index (χ3v) is 19.0. The molecule has 4 nitrogen and oxygen atoms in total. The minimum Gasteiger partial charge on any atom is -0.186 e. The van der Waals surface area contributed by atoms with Crippen molar-refractivity contribution < 1.29 is 17.5 Å². The van der Waals surface area contributed by atoms with Crippen LogP contribution in [0.25, 0.3) is 0 Å². The van der Waals surface area contributed by atoms with Crippen LogP contribution in [0.15, 0.2) is 0 Å². The fourth-order valence-corrected chi connectivity index (χ4v) is 15.5. The normalized spacial score (nSPS) is 9.43. The van der Waals surface area contributed by atoms with Gasteiger partial charge in [-0.25, -0.2) is 0 Å². The zero-order chi connectivity index (χ0) is 22.8. The van der Waals surface area contributed by atoms with E-state index in [0.717, 1.165) is 8.87 Å². The predicted molar refractivity (Wildman–Crippen MR) is 124 cm³/mol. The predicted octanol–water partition coefficient (Wildman–Crippen LogP) is 7.32. The van der Waals surface area contributed by atoms with Crippen molar-refractivity contribution in [1.29, 1.82) is 0 Å². The summed E-state index contributed by atoms with van der Waals surface area (Å²) in [6.45, 7) is 12.0. The minimum absolute atomic E-state index is 0.167. The van der Waals surface area contributed by atoms with Crippen molar-refractivity contribution in [2.75, 3.05) is 0 Å². The van der Waals surface area contributed by atoms with Crippen LogP contribution in [-0.2, 0) is 17.5 Å². The van der Waals surface area contributed by atoms with E-state index in [2.05, 4.69) is 37.6 Å². The summed E-state index contributed by atoms with van der Waals surface area (Å²) >= 11 is -3.43. The van der Waals surface area contributed by atoms with Gasteiger partial charge in [-0.3, -0.25) is 0 Å². The molecule has 0 aromatic carbocycles. The number of hydrogen-bond acceptors (Lipinski definition) is 4. The Kier molecular flexibility index (Phi) is 38.0. The third kappa shape index (κ3) is 50.3. The van der Waals surface area contributed by atoms with Crippen LogP contribution in [0.3, 0.4) is 0 Å². The Hall–Kier alpha value is 0.447. The summed E-state index contributed by atoms with van der Waals surface area (Å²) in [6.07, 6.45) is 10.8. The summed E-state index contributed by atoms with van der Waals surface area (Å²) < 4.78 is 16.6. The van der Waals surface area contributed by atoms with E-state index in [1.54, 1.807) is 8.87 Å². The fraction of sp³-hybridized carbons (Fsp3) is 0.909. The number of Topliss-reactive ketones (excluding diaryl/α,β-unsaturated/α-hetero) is 1. The summed E-state index contributed by atoms with van der Waals surface area (Å²) in [5.74, 6) is 0.167. The molecule has 0 spiro atoms. The molecule has 0 radical (unpaired) electrons. The van der Waals surface area contributed by atoms with Gasteiger partial charge in [-0.1, -0.05) is 0 Å². The largest absolute Gasteiger partial charge is 0.373 e. The van der Waals surface area contributed by atoms with Gasteiger partial charge in [0.1, 0.15) is 5.78 Å². The second-order valence-corrected chi connectivity index (χ2v) is 29.2. The van der Waals surface area contributed by atoms with Crippen LogP contribution in [0.4, 0.5) is 0 Å². The Bertz CT molecular complexity index is 353. The molecule has 0 bridgehead atoms. The molecule has 0 saturated carbocycles. The van der Waals surface area contributed by atoms with E-state index in [0.29, 0.717) is 0 Å². The third-order valence-electron chi connectivity index (χ3n) is 4.03. The molecule has 0 amide bonds. The van der Waals surface area contributed by atoms with Gasteiger partial charge in [0, 0.05) is 0 Å². The standard InChI is InChI=1S/4C4H9.C3H6O.CO2.2CH3.O.2Sn/c4*1-3-4-2;1-3(2)4;2-1-3;;;;;/h4*1,3-4H2,2H3;1-2H3;;2*1H3;;;. The maximum Gasteiger partial charge on any atom is 0.373 e. The van der Waals surface area contributed by atoms with Crippen LogP contribution in [0, 0.1) is 0 Å². The zero-order valence-corrected chi connectivity index (χ0v) is 25.8. The van der Waals surface area contributed by atoms with Crippen LogP contribution < -0.4 is 0 Å². The molecule has 28 heavy (non-hydrogen) atoms. The molecule has 0 rings (SSSR count). The van der Waals surface area contributed by atoms with Gasteiger partial charge in [0.15, 0.2) is 0 Å². The van der Waals surface area contributed by atoms with Crippen molar-refractivity contribution in [3.8, 4) is 0 Å². The number of carbonyl (C=O) groups excluding carboxylic acids is 3. The van der Waals surface area contributed by atoms with Gasteiger partial charge in [-0.2, -0.15) is 9.59 Å². The van der Waals surface area contributed by atoms with E-state index < -0.39 is 38.1 Å². The summed E-state index contributed by atoms with van der Waals surface area (Å²) in [6, 6.07) is 0. The zero-order valence-electron chi connectivity index (χ0n) is 20.1. The molecule has 0 aliphatic rings. The SMILES string of the molecule is CC(C)=O.CCC[CH2][Sn](=[O])[CH2]CCC.CCC[CH2][Sn]([CH3])([CH3])[CH2]CCC.O=C=O. The minimum atomic E-state index is -1.99. The van der Waals surface area contributed by atoms with E-state index in [-0.39, 0.29) is 11.9 Å². The molecule has 0 aromatic rings. The number of carbonyl (C=O) groups is 1. The van der Waals surface area contributed by atoms with Gasteiger partial charge in [0.05, 0.1) is 0 Å². The van der Waals surface area contributed by atoms with Gasteiger partial charge >= 0.3 is 154 Å². The van der Waals surface area contributed by atoms with E-state index in [1.807, 2.05) is 0 Å². The van der Waals surface area contributed by atoms with Crippen LogP contribution in [0.2, 0.25) is 27.6 Å². The van der Waals surface area contributed by atoms with Crippen molar-refractivity contribution in [2.24, 2.45) is 0 Å². The molecule has 0 unspecified atom stereocenters. The van der Waals surface area contributed by atoms with Crippen molar-refractivity contribution in [2.45, 2.75) is 121 Å². The molecule has 0 atom stereocenters. The van der Waals surface area contributed by atoms with Crippen molar-refractivity contribution in [3.05, 3.63) is 0 Å². The Labute approximate surface area is 187 Å². The summed E-state index contributed by atoms with van der Waals surface area (Å²) in [5.41, 5.74) is 0. The summed E-state index contributed by atoms with van der Waals surface area (Å²) in [5, 5.41) is 0. The van der Waals surface area contributed by atoms with Crippen molar-refractivity contribution in [1.82, 2.24) is 0 Å².